The predicted molar refractivity (Wildman–Crippen MR) is 68.7 cm³/mol. The van der Waals surface area contributed by atoms with Crippen molar-refractivity contribution in [3.63, 3.8) is 0 Å². The molecule has 0 radical (unpaired) electrons. The Kier molecular flexibility index (Phi) is 4.54. The van der Waals surface area contributed by atoms with Crippen LogP contribution in [0.4, 0.5) is 11.8 Å². The molecule has 1 saturated heterocycles. The Labute approximate surface area is 106 Å². The summed E-state index contributed by atoms with van der Waals surface area (Å²) in [6.45, 7) is 5.35. The van der Waals surface area contributed by atoms with Crippen LogP contribution in [0, 0.1) is 0 Å². The molecule has 0 bridgehead atoms. The average Bonchev–Trinajstić information content (AvgIpc) is 2.39. The van der Waals surface area contributed by atoms with Crippen molar-refractivity contribution in [1.82, 2.24) is 14.9 Å². The van der Waals surface area contributed by atoms with Gasteiger partial charge in [-0.05, 0) is 0 Å². The summed E-state index contributed by atoms with van der Waals surface area (Å²) >= 11 is 0. The highest BCUT2D eigenvalue weighted by molar-refractivity contribution is 5.42. The van der Waals surface area contributed by atoms with Gasteiger partial charge in [0.2, 0.25) is 11.8 Å². The number of anilines is 2. The molecule has 0 unspecified atom stereocenters. The van der Waals surface area contributed by atoms with Crippen molar-refractivity contribution in [1.29, 1.82) is 0 Å². The lowest BCUT2D eigenvalue weighted by Gasteiger charge is -2.26. The minimum Gasteiger partial charge on any atom is -0.481 e. The molecule has 1 fully saturated rings. The molecule has 3 N–H and O–H groups in total. The first-order valence-corrected chi connectivity index (χ1v) is 6.00. The van der Waals surface area contributed by atoms with Gasteiger partial charge in [0.15, 0.2) is 0 Å². The fraction of sp³-hybridized carbons (Fsp3) is 0.636. The van der Waals surface area contributed by atoms with E-state index in [1.165, 1.54) is 0 Å². The van der Waals surface area contributed by atoms with E-state index in [1.54, 1.807) is 13.2 Å². The molecule has 2 heterocycles. The highest BCUT2D eigenvalue weighted by Crippen LogP contribution is 2.13. The molecule has 7 heteroatoms. The van der Waals surface area contributed by atoms with Gasteiger partial charge in [0.1, 0.15) is 5.82 Å². The fourth-order valence-corrected chi connectivity index (χ4v) is 1.80. The number of nitrogens with two attached hydrogens (primary N) is 1. The minimum atomic E-state index is 0.211. The maximum Gasteiger partial charge on any atom is 0.225 e. The summed E-state index contributed by atoms with van der Waals surface area (Å²) in [5.41, 5.74) is 5.58. The van der Waals surface area contributed by atoms with Crippen LogP contribution < -0.4 is 15.8 Å². The van der Waals surface area contributed by atoms with Crippen LogP contribution in [-0.4, -0.2) is 61.4 Å². The number of methoxy groups -OCH3 is 1. The molecule has 1 aliphatic heterocycles. The quantitative estimate of drug-likeness (QED) is 0.752. The lowest BCUT2D eigenvalue weighted by atomic mass is 10.4. The molecular formula is C11H19N5O2. The molecule has 1 aromatic heterocycles. The van der Waals surface area contributed by atoms with Gasteiger partial charge >= 0.3 is 0 Å². The first kappa shape index (κ1) is 12.8. The fourth-order valence-electron chi connectivity index (χ4n) is 1.80. The summed E-state index contributed by atoms with van der Waals surface area (Å²) in [5, 5.41) is 3.21. The molecule has 100 valence electrons. The van der Waals surface area contributed by atoms with Crippen molar-refractivity contribution >= 4 is 11.8 Å². The van der Waals surface area contributed by atoms with E-state index in [4.69, 9.17) is 15.2 Å². The van der Waals surface area contributed by atoms with E-state index in [1.807, 2.05) is 0 Å². The third-order valence-corrected chi connectivity index (χ3v) is 2.77. The van der Waals surface area contributed by atoms with E-state index in [9.17, 15) is 0 Å². The zero-order chi connectivity index (χ0) is 12.8. The zero-order valence-electron chi connectivity index (χ0n) is 10.6. The van der Waals surface area contributed by atoms with Crippen molar-refractivity contribution in [2.24, 2.45) is 0 Å². The Balaban J connectivity index is 1.80. The first-order chi connectivity index (χ1) is 8.78. The van der Waals surface area contributed by atoms with Crippen LogP contribution in [0.5, 0.6) is 5.88 Å². The number of ether oxygens (including phenoxy) is 2. The second-order valence-corrected chi connectivity index (χ2v) is 4.03. The molecule has 7 nitrogen and oxygen atoms in total. The first-order valence-electron chi connectivity index (χ1n) is 6.00. The van der Waals surface area contributed by atoms with Gasteiger partial charge in [-0.2, -0.15) is 9.97 Å². The number of hydrogen-bond acceptors (Lipinski definition) is 7. The maximum atomic E-state index is 5.58. The second-order valence-electron chi connectivity index (χ2n) is 4.03. The largest absolute Gasteiger partial charge is 0.481 e. The number of morpholine rings is 1. The Morgan fingerprint density at radius 1 is 1.44 bits per heavy atom. The highest BCUT2D eigenvalue weighted by atomic mass is 16.5. The standard InChI is InChI=1S/C11H19N5O2/c1-17-10-8-9(14-11(12)15-10)13-2-3-16-4-6-18-7-5-16/h8H,2-7H2,1H3,(H3,12,13,14,15). The molecule has 0 aliphatic carbocycles. The van der Waals surface area contributed by atoms with Crippen molar-refractivity contribution in [2.75, 3.05) is 57.6 Å². The zero-order valence-corrected chi connectivity index (χ0v) is 10.6. The number of rotatable bonds is 5. The van der Waals surface area contributed by atoms with Gasteiger partial charge in [-0.25, -0.2) is 0 Å². The number of nitrogen functional groups attached to an aromatic ring is 1. The summed E-state index contributed by atoms with van der Waals surface area (Å²) in [7, 11) is 1.55. The van der Waals surface area contributed by atoms with Crippen molar-refractivity contribution in [3.05, 3.63) is 6.07 Å². The molecule has 0 amide bonds. The number of nitrogens with one attached hydrogen (secondary N) is 1. The molecule has 18 heavy (non-hydrogen) atoms. The smallest absolute Gasteiger partial charge is 0.225 e. The van der Waals surface area contributed by atoms with Crippen LogP contribution in [0.15, 0.2) is 6.07 Å². The normalized spacial score (nSPS) is 16.5. The van der Waals surface area contributed by atoms with Crippen LogP contribution in [0.3, 0.4) is 0 Å². The number of aromatic nitrogens is 2. The minimum absolute atomic E-state index is 0.211. The predicted octanol–water partition coefficient (Wildman–Crippen LogP) is -0.188. The highest BCUT2D eigenvalue weighted by Gasteiger charge is 2.09. The summed E-state index contributed by atoms with van der Waals surface area (Å²) in [5.74, 6) is 1.37. The number of nitrogens with zero attached hydrogens (tertiary/aromatic N) is 3. The SMILES string of the molecule is COc1cc(NCCN2CCOCC2)nc(N)n1. The Hall–Kier alpha value is -1.60. The van der Waals surface area contributed by atoms with E-state index in [0.29, 0.717) is 11.7 Å². The van der Waals surface area contributed by atoms with E-state index >= 15 is 0 Å². The lowest BCUT2D eigenvalue weighted by Crippen LogP contribution is -2.39. The van der Waals surface area contributed by atoms with Gasteiger partial charge in [0.05, 0.1) is 20.3 Å². The topological polar surface area (TPSA) is 85.5 Å². The third kappa shape index (κ3) is 3.71. The summed E-state index contributed by atoms with van der Waals surface area (Å²) in [6.07, 6.45) is 0. The van der Waals surface area contributed by atoms with E-state index < -0.39 is 0 Å². The van der Waals surface area contributed by atoms with Crippen LogP contribution in [0.2, 0.25) is 0 Å². The van der Waals surface area contributed by atoms with E-state index in [0.717, 1.165) is 39.4 Å². The van der Waals surface area contributed by atoms with Gasteiger partial charge in [-0.1, -0.05) is 0 Å². The Bertz CT molecular complexity index is 382. The molecule has 0 saturated carbocycles. The second kappa shape index (κ2) is 6.36. The Morgan fingerprint density at radius 2 is 2.22 bits per heavy atom. The third-order valence-electron chi connectivity index (χ3n) is 2.77. The van der Waals surface area contributed by atoms with E-state index in [-0.39, 0.29) is 5.95 Å². The van der Waals surface area contributed by atoms with Crippen LogP contribution in [0.1, 0.15) is 0 Å². The van der Waals surface area contributed by atoms with Crippen LogP contribution >= 0.6 is 0 Å². The van der Waals surface area contributed by atoms with Crippen molar-refractivity contribution < 1.29 is 9.47 Å². The molecule has 1 aromatic rings. The molecule has 2 rings (SSSR count). The van der Waals surface area contributed by atoms with Gasteiger partial charge in [-0.15, -0.1) is 0 Å². The monoisotopic (exact) mass is 253 g/mol. The molecule has 0 aromatic carbocycles. The van der Waals surface area contributed by atoms with Crippen molar-refractivity contribution in [3.8, 4) is 5.88 Å². The lowest BCUT2D eigenvalue weighted by molar-refractivity contribution is 0.0398. The van der Waals surface area contributed by atoms with Gasteiger partial charge < -0.3 is 20.5 Å². The Morgan fingerprint density at radius 3 is 2.94 bits per heavy atom. The molecule has 0 spiro atoms. The average molecular weight is 253 g/mol. The van der Waals surface area contributed by atoms with Crippen LogP contribution in [-0.2, 0) is 4.74 Å². The van der Waals surface area contributed by atoms with Gasteiger partial charge in [0, 0.05) is 32.2 Å². The maximum absolute atomic E-state index is 5.58. The molecular weight excluding hydrogens is 234 g/mol. The summed E-state index contributed by atoms with van der Waals surface area (Å²) < 4.78 is 10.3. The van der Waals surface area contributed by atoms with E-state index in [2.05, 4.69) is 20.2 Å². The summed E-state index contributed by atoms with van der Waals surface area (Å²) in [4.78, 5) is 10.4. The van der Waals surface area contributed by atoms with Crippen molar-refractivity contribution in [2.45, 2.75) is 0 Å². The number of hydrogen-bond donors (Lipinski definition) is 2. The molecule has 0 atom stereocenters. The van der Waals surface area contributed by atoms with Gasteiger partial charge in [0.25, 0.3) is 0 Å². The molecule has 1 aliphatic rings. The summed E-state index contributed by atoms with van der Waals surface area (Å²) in [6, 6.07) is 1.73. The van der Waals surface area contributed by atoms with Crippen LogP contribution in [0.25, 0.3) is 0 Å². The van der Waals surface area contributed by atoms with Gasteiger partial charge in [-0.3, -0.25) is 4.90 Å².